The molecule has 1 saturated heterocycles. The molecule has 1 fully saturated rings. The molecule has 6 heteroatoms. The third-order valence-corrected chi connectivity index (χ3v) is 3.91. The largest absolute Gasteiger partial charge is 0.493 e. The fourth-order valence-corrected chi connectivity index (χ4v) is 2.71. The number of carbonyl (C=O) groups is 1. The monoisotopic (exact) mass is 346 g/mol. The highest BCUT2D eigenvalue weighted by Gasteiger charge is 2.25. The molecule has 1 aliphatic rings. The number of hydrogen-bond acceptors (Lipinski definition) is 3. The van der Waals surface area contributed by atoms with Crippen LogP contribution < -0.4 is 10.1 Å². The lowest BCUT2D eigenvalue weighted by Gasteiger charge is -2.28. The Labute approximate surface area is 143 Å². The van der Waals surface area contributed by atoms with Gasteiger partial charge in [-0.25, -0.2) is 0 Å². The lowest BCUT2D eigenvalue weighted by molar-refractivity contribution is -0.133. The summed E-state index contributed by atoms with van der Waals surface area (Å²) in [5, 5.41) is 4.00. The van der Waals surface area contributed by atoms with Gasteiger partial charge in [0.25, 0.3) is 0 Å². The Morgan fingerprint density at radius 2 is 2.14 bits per heavy atom. The summed E-state index contributed by atoms with van der Waals surface area (Å²) in [5.74, 6) is 0.927. The van der Waals surface area contributed by atoms with Gasteiger partial charge in [-0.2, -0.15) is 0 Å². The van der Waals surface area contributed by atoms with Crippen molar-refractivity contribution >= 4 is 29.9 Å². The second-order valence-corrected chi connectivity index (χ2v) is 5.72. The van der Waals surface area contributed by atoms with E-state index in [4.69, 9.17) is 16.3 Å². The number of rotatable bonds is 7. The quantitative estimate of drug-likeness (QED) is 0.824. The number of halogens is 2. The molecule has 0 bridgehead atoms. The molecule has 0 radical (unpaired) electrons. The molecule has 22 heavy (non-hydrogen) atoms. The summed E-state index contributed by atoms with van der Waals surface area (Å²) in [5.41, 5.74) is 0. The van der Waals surface area contributed by atoms with E-state index in [0.717, 1.165) is 38.2 Å². The molecular weight excluding hydrogens is 323 g/mol. The van der Waals surface area contributed by atoms with Crippen molar-refractivity contribution in [1.82, 2.24) is 10.2 Å². The van der Waals surface area contributed by atoms with Crippen LogP contribution >= 0.6 is 24.0 Å². The van der Waals surface area contributed by atoms with Crippen molar-refractivity contribution in [3.05, 3.63) is 29.3 Å². The molecular formula is C16H24Cl2N2O2. The normalized spacial score (nSPS) is 16.9. The lowest BCUT2D eigenvalue weighted by Crippen LogP contribution is -2.42. The van der Waals surface area contributed by atoms with E-state index in [0.29, 0.717) is 24.1 Å². The van der Waals surface area contributed by atoms with E-state index in [9.17, 15) is 4.79 Å². The summed E-state index contributed by atoms with van der Waals surface area (Å²) in [6.07, 6.45) is 2.45. The van der Waals surface area contributed by atoms with Crippen molar-refractivity contribution in [3.8, 4) is 5.75 Å². The van der Waals surface area contributed by atoms with E-state index < -0.39 is 0 Å². The molecule has 1 heterocycles. The second kappa shape index (κ2) is 9.93. The highest BCUT2D eigenvalue weighted by Crippen LogP contribution is 2.16. The van der Waals surface area contributed by atoms with E-state index in [2.05, 4.69) is 12.2 Å². The van der Waals surface area contributed by atoms with Gasteiger partial charge in [-0.1, -0.05) is 18.5 Å². The van der Waals surface area contributed by atoms with Gasteiger partial charge in [-0.05, 0) is 43.7 Å². The second-order valence-electron chi connectivity index (χ2n) is 5.29. The first kappa shape index (κ1) is 19.1. The molecule has 1 atom stereocenters. The summed E-state index contributed by atoms with van der Waals surface area (Å²) >= 11 is 5.82. The van der Waals surface area contributed by atoms with Crippen molar-refractivity contribution < 1.29 is 9.53 Å². The number of hydrogen-bond donors (Lipinski definition) is 1. The molecule has 1 amide bonds. The predicted octanol–water partition coefficient (Wildman–Crippen LogP) is 3.13. The number of amides is 1. The minimum absolute atomic E-state index is 0. The number of carbonyl (C=O) groups excluding carboxylic acids is 1. The van der Waals surface area contributed by atoms with Gasteiger partial charge < -0.3 is 15.0 Å². The molecule has 1 aromatic rings. The third-order valence-electron chi connectivity index (χ3n) is 3.66. The molecule has 1 aromatic carbocycles. The Kier molecular flexibility index (Phi) is 8.61. The molecule has 1 unspecified atom stereocenters. The number of nitrogens with one attached hydrogen (secondary N) is 1. The fraction of sp³-hybridized carbons (Fsp3) is 0.562. The maximum absolute atomic E-state index is 12.4. The van der Waals surface area contributed by atoms with E-state index >= 15 is 0 Å². The first-order valence-corrected chi connectivity index (χ1v) is 7.97. The third kappa shape index (κ3) is 5.67. The van der Waals surface area contributed by atoms with Crippen LogP contribution in [0.2, 0.25) is 5.02 Å². The Morgan fingerprint density at radius 1 is 1.41 bits per heavy atom. The zero-order chi connectivity index (χ0) is 15.1. The lowest BCUT2D eigenvalue weighted by atomic mass is 10.2. The van der Waals surface area contributed by atoms with Crippen molar-refractivity contribution in [3.63, 3.8) is 0 Å². The van der Waals surface area contributed by atoms with Gasteiger partial charge in [-0.15, -0.1) is 12.4 Å². The van der Waals surface area contributed by atoms with Crippen LogP contribution in [0.15, 0.2) is 24.3 Å². The number of nitrogens with zero attached hydrogens (tertiary/aromatic N) is 1. The molecule has 2 rings (SSSR count). The van der Waals surface area contributed by atoms with Crippen molar-refractivity contribution in [1.29, 1.82) is 0 Å². The van der Waals surface area contributed by atoms with Crippen LogP contribution in [0.3, 0.4) is 0 Å². The van der Waals surface area contributed by atoms with Crippen LogP contribution in [0.4, 0.5) is 0 Å². The van der Waals surface area contributed by atoms with Gasteiger partial charge in [0.05, 0.1) is 13.0 Å². The standard InChI is InChI=1S/C16H23ClN2O2.ClH/c1-2-10-19(14-7-9-18-12-14)16(20)8-11-21-15-5-3-13(17)4-6-15;/h3-6,14,18H,2,7-12H2,1H3;1H. The van der Waals surface area contributed by atoms with Crippen LogP contribution in [0, 0.1) is 0 Å². The minimum Gasteiger partial charge on any atom is -0.493 e. The Morgan fingerprint density at radius 3 is 2.73 bits per heavy atom. The van der Waals surface area contributed by atoms with E-state index in [1.54, 1.807) is 12.1 Å². The molecule has 4 nitrogen and oxygen atoms in total. The van der Waals surface area contributed by atoms with Gasteiger partial charge >= 0.3 is 0 Å². The summed E-state index contributed by atoms with van der Waals surface area (Å²) in [7, 11) is 0. The van der Waals surface area contributed by atoms with Crippen LogP contribution in [-0.4, -0.2) is 43.1 Å². The van der Waals surface area contributed by atoms with Gasteiger partial charge in [0.15, 0.2) is 0 Å². The van der Waals surface area contributed by atoms with E-state index in [1.807, 2.05) is 17.0 Å². The van der Waals surface area contributed by atoms with Crippen LogP contribution in [0.5, 0.6) is 5.75 Å². The van der Waals surface area contributed by atoms with Gasteiger partial charge in [0, 0.05) is 24.2 Å². The zero-order valence-corrected chi connectivity index (χ0v) is 14.5. The molecule has 1 aliphatic heterocycles. The van der Waals surface area contributed by atoms with Crippen molar-refractivity contribution in [2.24, 2.45) is 0 Å². The molecule has 0 saturated carbocycles. The fourth-order valence-electron chi connectivity index (χ4n) is 2.59. The van der Waals surface area contributed by atoms with Crippen LogP contribution in [0.1, 0.15) is 26.2 Å². The average Bonchev–Trinajstić information content (AvgIpc) is 3.00. The van der Waals surface area contributed by atoms with Crippen molar-refractivity contribution in [2.75, 3.05) is 26.2 Å². The molecule has 0 aliphatic carbocycles. The number of benzene rings is 1. The molecule has 124 valence electrons. The smallest absolute Gasteiger partial charge is 0.226 e. The van der Waals surface area contributed by atoms with Crippen LogP contribution in [-0.2, 0) is 4.79 Å². The summed E-state index contributed by atoms with van der Waals surface area (Å²) in [6, 6.07) is 7.54. The van der Waals surface area contributed by atoms with Gasteiger partial charge in [-0.3, -0.25) is 4.79 Å². The topological polar surface area (TPSA) is 41.6 Å². The predicted molar refractivity (Wildman–Crippen MR) is 92.1 cm³/mol. The first-order chi connectivity index (χ1) is 10.2. The molecule has 1 N–H and O–H groups in total. The molecule has 0 spiro atoms. The molecule has 0 aromatic heterocycles. The Hall–Kier alpha value is -0.970. The van der Waals surface area contributed by atoms with Crippen molar-refractivity contribution in [2.45, 2.75) is 32.2 Å². The maximum atomic E-state index is 12.4. The Bertz CT molecular complexity index is 448. The zero-order valence-electron chi connectivity index (χ0n) is 12.9. The summed E-state index contributed by atoms with van der Waals surface area (Å²) in [4.78, 5) is 14.4. The highest BCUT2D eigenvalue weighted by molar-refractivity contribution is 6.30. The summed E-state index contributed by atoms with van der Waals surface area (Å²) in [6.45, 7) is 5.24. The Balaban J connectivity index is 0.00000242. The minimum atomic E-state index is 0. The first-order valence-electron chi connectivity index (χ1n) is 7.59. The number of ether oxygens (including phenoxy) is 1. The van der Waals surface area contributed by atoms with E-state index in [-0.39, 0.29) is 18.3 Å². The van der Waals surface area contributed by atoms with Gasteiger partial charge in [0.2, 0.25) is 5.91 Å². The SMILES string of the molecule is CCCN(C(=O)CCOc1ccc(Cl)cc1)C1CCNC1.Cl. The average molecular weight is 347 g/mol. The highest BCUT2D eigenvalue weighted by atomic mass is 35.5. The van der Waals surface area contributed by atoms with Gasteiger partial charge in [0.1, 0.15) is 5.75 Å². The van der Waals surface area contributed by atoms with Crippen LogP contribution in [0.25, 0.3) is 0 Å². The van der Waals surface area contributed by atoms with E-state index in [1.165, 1.54) is 0 Å². The maximum Gasteiger partial charge on any atom is 0.226 e. The summed E-state index contributed by atoms with van der Waals surface area (Å²) < 4.78 is 5.60.